The lowest BCUT2D eigenvalue weighted by Crippen LogP contribution is -2.30. The van der Waals surface area contributed by atoms with Gasteiger partial charge in [-0.25, -0.2) is 13.6 Å². The summed E-state index contributed by atoms with van der Waals surface area (Å²) in [5, 5.41) is 8.78. The third-order valence-corrected chi connectivity index (χ3v) is 7.25. The van der Waals surface area contributed by atoms with Crippen LogP contribution in [0.4, 0.5) is 8.78 Å². The molecule has 0 spiro atoms. The zero-order valence-corrected chi connectivity index (χ0v) is 17.7. The highest BCUT2D eigenvalue weighted by atomic mass is 19.1. The van der Waals surface area contributed by atoms with E-state index in [9.17, 15) is 13.6 Å². The first-order valence-corrected chi connectivity index (χ1v) is 11.2. The molecule has 0 radical (unpaired) electrons. The molecule has 5 heteroatoms. The molecule has 0 aromatic heterocycles. The molecule has 2 fully saturated rings. The molecule has 0 aliphatic heterocycles. The van der Waals surface area contributed by atoms with Gasteiger partial charge >= 0.3 is 5.97 Å². The Labute approximate surface area is 182 Å². The van der Waals surface area contributed by atoms with Crippen LogP contribution in [0.1, 0.15) is 79.3 Å². The van der Waals surface area contributed by atoms with E-state index in [1.54, 1.807) is 18.2 Å². The molecule has 4 rings (SSSR count). The van der Waals surface area contributed by atoms with Crippen molar-refractivity contribution in [2.24, 2.45) is 17.8 Å². The normalized spacial score (nSPS) is 25.4. The molecule has 0 amide bonds. The van der Waals surface area contributed by atoms with Gasteiger partial charge < -0.3 is 4.74 Å². The summed E-state index contributed by atoms with van der Waals surface area (Å²) in [6.45, 7) is 2.27. The van der Waals surface area contributed by atoms with Crippen molar-refractivity contribution in [1.82, 2.24) is 0 Å². The Morgan fingerprint density at radius 1 is 1.03 bits per heavy atom. The third-order valence-electron chi connectivity index (χ3n) is 7.25. The number of ether oxygens (including phenoxy) is 1. The van der Waals surface area contributed by atoms with Crippen LogP contribution in [0.15, 0.2) is 36.4 Å². The van der Waals surface area contributed by atoms with Crippen molar-refractivity contribution in [1.29, 1.82) is 5.26 Å². The van der Waals surface area contributed by atoms with E-state index in [2.05, 4.69) is 6.92 Å². The Morgan fingerprint density at radius 2 is 1.81 bits per heavy atom. The van der Waals surface area contributed by atoms with Crippen LogP contribution >= 0.6 is 0 Å². The Kier molecular flexibility index (Phi) is 6.36. The smallest absolute Gasteiger partial charge is 0.343 e. The predicted molar refractivity (Wildman–Crippen MR) is 114 cm³/mol. The molecule has 0 N–H and O–H groups in total. The second-order valence-electron chi connectivity index (χ2n) is 9.00. The van der Waals surface area contributed by atoms with Gasteiger partial charge in [-0.15, -0.1) is 0 Å². The Bertz CT molecular complexity index is 1010. The van der Waals surface area contributed by atoms with Crippen molar-refractivity contribution in [3.63, 3.8) is 0 Å². The average Bonchev–Trinajstić information content (AvgIpc) is 2.78. The van der Waals surface area contributed by atoms with Gasteiger partial charge in [-0.3, -0.25) is 0 Å². The molecule has 4 atom stereocenters. The van der Waals surface area contributed by atoms with E-state index in [0.717, 1.165) is 37.2 Å². The highest BCUT2D eigenvalue weighted by molar-refractivity contribution is 5.91. The molecule has 3 nitrogen and oxygen atoms in total. The van der Waals surface area contributed by atoms with E-state index in [-0.39, 0.29) is 28.6 Å². The van der Waals surface area contributed by atoms with Gasteiger partial charge in [-0.1, -0.05) is 25.8 Å². The van der Waals surface area contributed by atoms with Gasteiger partial charge in [-0.05, 0) is 85.6 Å². The fraction of sp³-hybridized carbons (Fsp3) is 0.462. The van der Waals surface area contributed by atoms with Crippen molar-refractivity contribution in [3.05, 3.63) is 64.7 Å². The number of hydrogen-bond acceptors (Lipinski definition) is 3. The van der Waals surface area contributed by atoms with Gasteiger partial charge in [0, 0.05) is 6.07 Å². The number of halogens is 2. The van der Waals surface area contributed by atoms with Gasteiger partial charge in [0.2, 0.25) is 0 Å². The fourth-order valence-electron chi connectivity index (χ4n) is 5.44. The minimum atomic E-state index is -0.766. The molecule has 31 heavy (non-hydrogen) atoms. The number of benzene rings is 2. The SMILES string of the molecule is CCC1CCC2CC(c3ccc(C(=O)Oc4ccc(C#N)c(F)c4)cc3F)CCC2C1. The Balaban J connectivity index is 1.43. The molecular weight excluding hydrogens is 396 g/mol. The number of nitrogens with zero attached hydrogens (tertiary/aromatic N) is 1. The summed E-state index contributed by atoms with van der Waals surface area (Å²) in [6, 6.07) is 9.78. The van der Waals surface area contributed by atoms with E-state index in [1.807, 2.05) is 0 Å². The first-order valence-electron chi connectivity index (χ1n) is 11.2. The van der Waals surface area contributed by atoms with Gasteiger partial charge in [0.1, 0.15) is 23.5 Å². The van der Waals surface area contributed by atoms with Crippen LogP contribution in [0.25, 0.3) is 0 Å². The number of nitriles is 1. The van der Waals surface area contributed by atoms with E-state index in [4.69, 9.17) is 10.00 Å². The van der Waals surface area contributed by atoms with Crippen molar-refractivity contribution < 1.29 is 18.3 Å². The molecule has 0 saturated heterocycles. The molecule has 2 aliphatic carbocycles. The Morgan fingerprint density at radius 3 is 2.52 bits per heavy atom. The fourth-order valence-corrected chi connectivity index (χ4v) is 5.44. The summed E-state index contributed by atoms with van der Waals surface area (Å²) < 4.78 is 33.8. The van der Waals surface area contributed by atoms with Crippen molar-refractivity contribution >= 4 is 5.97 Å². The zero-order chi connectivity index (χ0) is 22.0. The van der Waals surface area contributed by atoms with Gasteiger partial charge in [0.25, 0.3) is 0 Å². The molecule has 0 bridgehead atoms. The standard InChI is InChI=1S/C26H27F2NO2/c1-2-16-3-4-18-12-19(6-5-17(18)11-16)23-10-8-20(13-25(23)28)26(30)31-22-9-7-21(15-29)24(27)14-22/h7-10,13-14,16-19H,2-6,11-12H2,1H3. The highest BCUT2D eigenvalue weighted by Gasteiger charge is 2.36. The summed E-state index contributed by atoms with van der Waals surface area (Å²) in [5.41, 5.74) is 0.633. The van der Waals surface area contributed by atoms with E-state index >= 15 is 0 Å². The molecule has 4 unspecified atom stereocenters. The van der Waals surface area contributed by atoms with Crippen molar-refractivity contribution in [2.75, 3.05) is 0 Å². The maximum absolute atomic E-state index is 14.9. The number of hydrogen-bond donors (Lipinski definition) is 0. The first kappa shape index (κ1) is 21.5. The minimum absolute atomic E-state index is 0.0213. The van der Waals surface area contributed by atoms with Gasteiger partial charge in [-0.2, -0.15) is 5.26 Å². The number of carbonyl (C=O) groups is 1. The molecule has 162 valence electrons. The van der Waals surface area contributed by atoms with Crippen LogP contribution < -0.4 is 4.74 Å². The van der Waals surface area contributed by atoms with Crippen LogP contribution in [-0.4, -0.2) is 5.97 Å². The lowest BCUT2D eigenvalue weighted by molar-refractivity contribution is 0.0733. The predicted octanol–water partition coefficient (Wildman–Crippen LogP) is 6.77. The van der Waals surface area contributed by atoms with Gasteiger partial charge in [0.05, 0.1) is 11.1 Å². The zero-order valence-electron chi connectivity index (χ0n) is 17.7. The quantitative estimate of drug-likeness (QED) is 0.403. The number of fused-ring (bicyclic) bond motifs is 1. The molecule has 2 saturated carbocycles. The lowest BCUT2D eigenvalue weighted by atomic mass is 9.63. The van der Waals surface area contributed by atoms with Gasteiger partial charge in [0.15, 0.2) is 0 Å². The van der Waals surface area contributed by atoms with E-state index in [0.29, 0.717) is 11.5 Å². The number of esters is 1. The van der Waals surface area contributed by atoms with E-state index < -0.39 is 11.8 Å². The topological polar surface area (TPSA) is 50.1 Å². The molecular formula is C26H27F2NO2. The lowest BCUT2D eigenvalue weighted by Gasteiger charge is -2.42. The van der Waals surface area contributed by atoms with Crippen LogP contribution in [0.5, 0.6) is 5.75 Å². The average molecular weight is 424 g/mol. The molecule has 2 aliphatic rings. The number of rotatable bonds is 4. The van der Waals surface area contributed by atoms with Crippen LogP contribution in [-0.2, 0) is 0 Å². The minimum Gasteiger partial charge on any atom is -0.423 e. The maximum Gasteiger partial charge on any atom is 0.343 e. The second-order valence-corrected chi connectivity index (χ2v) is 9.00. The second kappa shape index (κ2) is 9.18. The molecule has 2 aromatic rings. The summed E-state index contributed by atoms with van der Waals surface area (Å²) in [4.78, 5) is 12.4. The first-order chi connectivity index (χ1) is 15.0. The molecule has 2 aromatic carbocycles. The van der Waals surface area contributed by atoms with Crippen molar-refractivity contribution in [3.8, 4) is 11.8 Å². The largest absolute Gasteiger partial charge is 0.423 e. The summed E-state index contributed by atoms with van der Waals surface area (Å²) >= 11 is 0. The van der Waals surface area contributed by atoms with Crippen LogP contribution in [0, 0.1) is 40.7 Å². The van der Waals surface area contributed by atoms with Crippen LogP contribution in [0.3, 0.4) is 0 Å². The summed E-state index contributed by atoms with van der Waals surface area (Å²) in [6.07, 6.45) is 8.26. The summed E-state index contributed by atoms with van der Waals surface area (Å²) in [7, 11) is 0. The maximum atomic E-state index is 14.9. The van der Waals surface area contributed by atoms with E-state index in [1.165, 1.54) is 43.9 Å². The summed E-state index contributed by atoms with van der Waals surface area (Å²) in [5.74, 6) is 0.575. The van der Waals surface area contributed by atoms with Crippen LogP contribution in [0.2, 0.25) is 0 Å². The highest BCUT2D eigenvalue weighted by Crippen LogP contribution is 2.48. The monoisotopic (exact) mass is 423 g/mol. The molecule has 0 heterocycles. The van der Waals surface area contributed by atoms with Crippen molar-refractivity contribution in [2.45, 2.75) is 57.8 Å². The number of carbonyl (C=O) groups excluding carboxylic acids is 1. The Hall–Kier alpha value is -2.74. The third kappa shape index (κ3) is 4.63.